The van der Waals surface area contributed by atoms with E-state index in [-0.39, 0.29) is 11.6 Å². The van der Waals surface area contributed by atoms with Crippen molar-refractivity contribution in [1.82, 2.24) is 15.2 Å². The summed E-state index contributed by atoms with van der Waals surface area (Å²) in [5.74, 6) is -0.620. The van der Waals surface area contributed by atoms with Crippen molar-refractivity contribution in [2.45, 2.75) is 13.8 Å². The molecule has 0 aliphatic carbocycles. The van der Waals surface area contributed by atoms with Gasteiger partial charge < -0.3 is 9.84 Å². The Morgan fingerprint density at radius 1 is 1.26 bits per heavy atom. The number of aromatic nitrogens is 3. The SMILES string of the molecule is Cc1nnc(Oc2cc(C(=O)O)ccc2I)nc1C. The van der Waals surface area contributed by atoms with Crippen LogP contribution < -0.4 is 4.74 Å². The normalized spacial score (nSPS) is 10.3. The third kappa shape index (κ3) is 3.16. The molecule has 0 spiro atoms. The summed E-state index contributed by atoms with van der Waals surface area (Å²) in [4.78, 5) is 15.1. The number of carbonyl (C=O) groups is 1. The Hall–Kier alpha value is -1.77. The van der Waals surface area contributed by atoms with Crippen LogP contribution in [0.2, 0.25) is 0 Å². The quantitative estimate of drug-likeness (QED) is 0.835. The van der Waals surface area contributed by atoms with E-state index < -0.39 is 5.97 Å². The third-order valence-corrected chi connectivity index (χ3v) is 3.34. The first-order chi connectivity index (χ1) is 8.97. The van der Waals surface area contributed by atoms with Gasteiger partial charge in [-0.15, -0.1) is 5.10 Å². The number of rotatable bonds is 3. The average Bonchev–Trinajstić information content (AvgIpc) is 2.36. The highest BCUT2D eigenvalue weighted by Crippen LogP contribution is 2.26. The standard InChI is InChI=1S/C12H10IN3O3/c1-6-7(2)15-16-12(14-6)19-10-5-8(11(17)18)3-4-9(10)13/h3-5H,1-2H3,(H,17,18). The Bertz CT molecular complexity index is 646. The molecule has 0 unspecified atom stereocenters. The van der Waals surface area contributed by atoms with Crippen LogP contribution in [0.1, 0.15) is 21.7 Å². The summed E-state index contributed by atoms with van der Waals surface area (Å²) in [7, 11) is 0. The van der Waals surface area contributed by atoms with Gasteiger partial charge in [0.15, 0.2) is 0 Å². The lowest BCUT2D eigenvalue weighted by Gasteiger charge is -2.07. The molecule has 2 aromatic rings. The van der Waals surface area contributed by atoms with Crippen LogP contribution in [0.4, 0.5) is 0 Å². The summed E-state index contributed by atoms with van der Waals surface area (Å²) in [6.07, 6.45) is 0. The molecule has 7 heteroatoms. The molecule has 1 heterocycles. The highest BCUT2D eigenvalue weighted by atomic mass is 127. The second-order valence-corrected chi connectivity index (χ2v) is 4.98. The van der Waals surface area contributed by atoms with E-state index in [2.05, 4.69) is 15.2 Å². The molecule has 0 radical (unpaired) electrons. The van der Waals surface area contributed by atoms with E-state index in [9.17, 15) is 4.79 Å². The minimum atomic E-state index is -1.01. The Balaban J connectivity index is 2.34. The van der Waals surface area contributed by atoms with Crippen LogP contribution in [-0.4, -0.2) is 26.3 Å². The number of benzene rings is 1. The van der Waals surface area contributed by atoms with Gasteiger partial charge in [-0.2, -0.15) is 4.98 Å². The highest BCUT2D eigenvalue weighted by molar-refractivity contribution is 14.1. The number of carboxylic acids is 1. The van der Waals surface area contributed by atoms with Gasteiger partial charge in [0.2, 0.25) is 0 Å². The van der Waals surface area contributed by atoms with E-state index in [1.807, 2.05) is 22.6 Å². The van der Waals surface area contributed by atoms with Crippen LogP contribution in [0.25, 0.3) is 0 Å². The maximum absolute atomic E-state index is 10.9. The molecule has 0 atom stereocenters. The fraction of sp³-hybridized carbons (Fsp3) is 0.167. The topological polar surface area (TPSA) is 85.2 Å². The molecule has 0 saturated heterocycles. The monoisotopic (exact) mass is 371 g/mol. The van der Waals surface area contributed by atoms with Gasteiger partial charge in [-0.25, -0.2) is 4.79 Å². The van der Waals surface area contributed by atoms with Crippen LogP contribution in [0.15, 0.2) is 18.2 Å². The number of aromatic carboxylic acids is 1. The van der Waals surface area contributed by atoms with Crippen molar-refractivity contribution in [3.8, 4) is 11.8 Å². The maximum atomic E-state index is 10.9. The maximum Gasteiger partial charge on any atom is 0.341 e. The molecule has 0 aliphatic rings. The fourth-order valence-corrected chi connectivity index (χ4v) is 1.74. The number of nitrogens with zero attached hydrogens (tertiary/aromatic N) is 3. The van der Waals surface area contributed by atoms with Gasteiger partial charge in [0.1, 0.15) is 5.75 Å². The predicted molar refractivity (Wildman–Crippen MR) is 75.5 cm³/mol. The van der Waals surface area contributed by atoms with Gasteiger partial charge >= 0.3 is 12.0 Å². The fourth-order valence-electron chi connectivity index (χ4n) is 1.29. The predicted octanol–water partition coefficient (Wildman–Crippen LogP) is 2.58. The molecule has 19 heavy (non-hydrogen) atoms. The summed E-state index contributed by atoms with van der Waals surface area (Å²) >= 11 is 2.05. The Kier molecular flexibility index (Phi) is 3.93. The molecule has 1 aromatic carbocycles. The van der Waals surface area contributed by atoms with Crippen molar-refractivity contribution in [3.05, 3.63) is 38.7 Å². The second kappa shape index (κ2) is 5.47. The third-order valence-electron chi connectivity index (χ3n) is 2.45. The number of hydrogen-bond acceptors (Lipinski definition) is 5. The lowest BCUT2D eigenvalue weighted by Crippen LogP contribution is -2.02. The van der Waals surface area contributed by atoms with Crippen molar-refractivity contribution >= 4 is 28.6 Å². The van der Waals surface area contributed by atoms with Gasteiger partial charge in [0.05, 0.1) is 20.5 Å². The van der Waals surface area contributed by atoms with Gasteiger partial charge in [-0.05, 0) is 54.6 Å². The summed E-state index contributed by atoms with van der Waals surface area (Å²) in [6.45, 7) is 3.60. The molecule has 98 valence electrons. The minimum absolute atomic E-state index is 0.101. The smallest absolute Gasteiger partial charge is 0.341 e. The van der Waals surface area contributed by atoms with Crippen LogP contribution in [0, 0.1) is 17.4 Å². The molecule has 0 amide bonds. The number of hydrogen-bond donors (Lipinski definition) is 1. The number of aryl methyl sites for hydroxylation is 2. The van der Waals surface area contributed by atoms with Gasteiger partial charge in [-0.3, -0.25) is 0 Å². The van der Waals surface area contributed by atoms with Crippen molar-refractivity contribution in [3.63, 3.8) is 0 Å². The molecule has 6 nitrogen and oxygen atoms in total. The van der Waals surface area contributed by atoms with Gasteiger partial charge in [-0.1, -0.05) is 5.10 Å². The van der Waals surface area contributed by atoms with Crippen molar-refractivity contribution in [1.29, 1.82) is 0 Å². The zero-order valence-corrected chi connectivity index (χ0v) is 12.4. The zero-order valence-electron chi connectivity index (χ0n) is 10.2. The van der Waals surface area contributed by atoms with E-state index in [0.717, 1.165) is 15.0 Å². The molecular weight excluding hydrogens is 361 g/mol. The zero-order chi connectivity index (χ0) is 14.0. The largest absolute Gasteiger partial charge is 0.478 e. The molecule has 2 rings (SSSR count). The van der Waals surface area contributed by atoms with E-state index in [1.54, 1.807) is 19.9 Å². The lowest BCUT2D eigenvalue weighted by molar-refractivity contribution is 0.0696. The first kappa shape index (κ1) is 13.7. The van der Waals surface area contributed by atoms with Crippen LogP contribution in [-0.2, 0) is 0 Å². The highest BCUT2D eigenvalue weighted by Gasteiger charge is 2.11. The molecule has 1 aromatic heterocycles. The molecule has 0 bridgehead atoms. The summed E-state index contributed by atoms with van der Waals surface area (Å²) in [6, 6.07) is 4.70. The minimum Gasteiger partial charge on any atom is -0.478 e. The summed E-state index contributed by atoms with van der Waals surface area (Å²) < 4.78 is 6.25. The molecule has 0 saturated carbocycles. The van der Waals surface area contributed by atoms with Crippen LogP contribution in [0.3, 0.4) is 0 Å². The number of carboxylic acid groups (broad SMARTS) is 1. The first-order valence-electron chi connectivity index (χ1n) is 5.36. The Morgan fingerprint density at radius 3 is 2.63 bits per heavy atom. The van der Waals surface area contributed by atoms with E-state index in [4.69, 9.17) is 9.84 Å². The van der Waals surface area contributed by atoms with E-state index in [1.165, 1.54) is 12.1 Å². The summed E-state index contributed by atoms with van der Waals surface area (Å²) in [5.41, 5.74) is 1.59. The second-order valence-electron chi connectivity index (χ2n) is 3.82. The molecule has 1 N–H and O–H groups in total. The summed E-state index contributed by atoms with van der Waals surface area (Å²) in [5, 5.41) is 16.7. The van der Waals surface area contributed by atoms with Gasteiger partial charge in [0, 0.05) is 0 Å². The van der Waals surface area contributed by atoms with E-state index in [0.29, 0.717) is 5.75 Å². The van der Waals surface area contributed by atoms with Gasteiger partial charge in [0.25, 0.3) is 0 Å². The van der Waals surface area contributed by atoms with Crippen molar-refractivity contribution < 1.29 is 14.6 Å². The Morgan fingerprint density at radius 2 is 2.00 bits per heavy atom. The van der Waals surface area contributed by atoms with Crippen molar-refractivity contribution in [2.24, 2.45) is 0 Å². The Labute approximate surface area is 123 Å². The first-order valence-corrected chi connectivity index (χ1v) is 6.44. The van der Waals surface area contributed by atoms with Crippen molar-refractivity contribution in [2.75, 3.05) is 0 Å². The van der Waals surface area contributed by atoms with Crippen LogP contribution in [0.5, 0.6) is 11.8 Å². The number of ether oxygens (including phenoxy) is 1. The van der Waals surface area contributed by atoms with Crippen LogP contribution >= 0.6 is 22.6 Å². The molecular formula is C12H10IN3O3. The molecule has 0 aliphatic heterocycles. The molecule has 0 fully saturated rings. The van der Waals surface area contributed by atoms with E-state index >= 15 is 0 Å². The number of halogens is 1. The average molecular weight is 371 g/mol. The lowest BCUT2D eigenvalue weighted by atomic mass is 10.2.